The number of rotatable bonds is 7. The molecule has 0 bridgehead atoms. The lowest BCUT2D eigenvalue weighted by molar-refractivity contribution is 0.367. The number of nitrogens with zero attached hydrogens (tertiary/aromatic N) is 2. The molecule has 0 aliphatic heterocycles. The molecule has 0 aromatic heterocycles. The smallest absolute Gasteiger partial charge is 0.0210 e. The molecular weight excluding hydrogens is 260 g/mol. The minimum atomic E-state index is 0.842. The molecule has 0 saturated heterocycles. The molecule has 0 unspecified atom stereocenters. The fourth-order valence-corrected chi connectivity index (χ4v) is 6.14. The fraction of sp³-hybridized carbons (Fsp3) is 1.00. The van der Waals surface area contributed by atoms with E-state index in [9.17, 15) is 0 Å². The molecule has 0 heterocycles. The average Bonchev–Trinajstić information content (AvgIpc) is 3.07. The average molecular weight is 289 g/mol. The van der Waals surface area contributed by atoms with E-state index in [2.05, 4.69) is 22.5 Å². The summed E-state index contributed by atoms with van der Waals surface area (Å²) in [5.74, 6) is 0. The van der Waals surface area contributed by atoms with Gasteiger partial charge in [-0.05, 0) is 25.7 Å². The topological polar surface area (TPSA) is 6.48 Å². The van der Waals surface area contributed by atoms with Gasteiger partial charge in [0.1, 0.15) is 0 Å². The van der Waals surface area contributed by atoms with Gasteiger partial charge in [0.15, 0.2) is 0 Å². The second kappa shape index (κ2) is 8.03. The van der Waals surface area contributed by atoms with Crippen LogP contribution in [-0.4, -0.2) is 33.8 Å². The summed E-state index contributed by atoms with van der Waals surface area (Å²) in [6.45, 7) is 6.98. The minimum absolute atomic E-state index is 0.842. The monoisotopic (exact) mass is 288 g/mol. The molecule has 2 fully saturated rings. The van der Waals surface area contributed by atoms with Crippen molar-refractivity contribution in [2.75, 3.05) is 13.1 Å². The predicted molar refractivity (Wildman–Crippen MR) is 84.5 cm³/mol. The zero-order valence-corrected chi connectivity index (χ0v) is 13.6. The molecule has 18 heavy (non-hydrogen) atoms. The van der Waals surface area contributed by atoms with Crippen LogP contribution < -0.4 is 0 Å². The Balaban J connectivity index is 1.76. The van der Waals surface area contributed by atoms with E-state index < -0.39 is 0 Å². The molecule has 2 saturated carbocycles. The van der Waals surface area contributed by atoms with Crippen LogP contribution in [0.15, 0.2) is 0 Å². The Kier molecular flexibility index (Phi) is 6.70. The van der Waals surface area contributed by atoms with Crippen LogP contribution in [0.25, 0.3) is 0 Å². The molecule has 0 spiro atoms. The maximum absolute atomic E-state index is 2.62. The summed E-state index contributed by atoms with van der Waals surface area (Å²) in [5.41, 5.74) is 0. The molecular formula is C14H28N2S2. The summed E-state index contributed by atoms with van der Waals surface area (Å²) >= 11 is 0. The molecule has 106 valence electrons. The Bertz CT molecular complexity index is 202. The lowest BCUT2D eigenvalue weighted by Gasteiger charge is -2.30. The van der Waals surface area contributed by atoms with Crippen LogP contribution in [-0.2, 0) is 0 Å². The largest absolute Gasteiger partial charge is 0.237 e. The maximum atomic E-state index is 2.62. The zero-order chi connectivity index (χ0) is 12.8. The van der Waals surface area contributed by atoms with Gasteiger partial charge in [-0.3, -0.25) is 0 Å². The van der Waals surface area contributed by atoms with Crippen molar-refractivity contribution in [3.63, 3.8) is 0 Å². The van der Waals surface area contributed by atoms with E-state index in [1.54, 1.807) is 0 Å². The van der Waals surface area contributed by atoms with Crippen LogP contribution in [0.3, 0.4) is 0 Å². The molecule has 2 rings (SSSR count). The van der Waals surface area contributed by atoms with Crippen LogP contribution in [0.2, 0.25) is 0 Å². The Morgan fingerprint density at radius 2 is 1.06 bits per heavy atom. The van der Waals surface area contributed by atoms with Gasteiger partial charge < -0.3 is 0 Å². The van der Waals surface area contributed by atoms with Crippen molar-refractivity contribution in [1.29, 1.82) is 0 Å². The summed E-state index contributed by atoms with van der Waals surface area (Å²) in [4.78, 5) is 0. The Hall–Kier alpha value is 0.620. The van der Waals surface area contributed by atoms with E-state index in [-0.39, 0.29) is 0 Å². The molecule has 0 atom stereocenters. The highest BCUT2D eigenvalue weighted by Crippen LogP contribution is 2.39. The van der Waals surface area contributed by atoms with E-state index in [1.807, 2.05) is 22.0 Å². The Morgan fingerprint density at radius 1 is 0.722 bits per heavy atom. The summed E-state index contributed by atoms with van der Waals surface area (Å²) < 4.78 is 5.24. The van der Waals surface area contributed by atoms with E-state index in [4.69, 9.17) is 0 Å². The van der Waals surface area contributed by atoms with Crippen molar-refractivity contribution in [2.45, 2.75) is 77.3 Å². The van der Waals surface area contributed by atoms with Crippen molar-refractivity contribution in [3.05, 3.63) is 0 Å². The van der Waals surface area contributed by atoms with Gasteiger partial charge in [-0.25, -0.2) is 8.61 Å². The van der Waals surface area contributed by atoms with Crippen molar-refractivity contribution in [2.24, 2.45) is 0 Å². The van der Waals surface area contributed by atoms with Crippen LogP contribution in [0.5, 0.6) is 0 Å². The van der Waals surface area contributed by atoms with Crippen LogP contribution in [0, 0.1) is 0 Å². The first kappa shape index (κ1) is 15.0. The van der Waals surface area contributed by atoms with E-state index >= 15 is 0 Å². The molecule has 2 aliphatic rings. The third-order valence-electron chi connectivity index (χ3n) is 4.31. The number of hydrogen-bond acceptors (Lipinski definition) is 4. The number of hydrogen-bond donors (Lipinski definition) is 0. The van der Waals surface area contributed by atoms with E-state index in [0.717, 1.165) is 12.1 Å². The molecule has 0 N–H and O–H groups in total. The quantitative estimate of drug-likeness (QED) is 0.493. The highest BCUT2D eigenvalue weighted by molar-refractivity contribution is 8.74. The minimum Gasteiger partial charge on any atom is -0.237 e. The summed E-state index contributed by atoms with van der Waals surface area (Å²) in [6.07, 6.45) is 11.4. The second-order valence-corrected chi connectivity index (χ2v) is 7.62. The lowest BCUT2D eigenvalue weighted by Crippen LogP contribution is -2.29. The van der Waals surface area contributed by atoms with Gasteiger partial charge in [-0.15, -0.1) is 0 Å². The third-order valence-corrected chi connectivity index (χ3v) is 7.22. The predicted octanol–water partition coefficient (Wildman–Crippen LogP) is 4.73. The van der Waals surface area contributed by atoms with Crippen molar-refractivity contribution in [1.82, 2.24) is 8.61 Å². The van der Waals surface area contributed by atoms with Gasteiger partial charge >= 0.3 is 0 Å². The van der Waals surface area contributed by atoms with Crippen LogP contribution in [0.4, 0.5) is 0 Å². The van der Waals surface area contributed by atoms with E-state index in [1.165, 1.54) is 64.5 Å². The fourth-order valence-electron chi connectivity index (χ4n) is 3.21. The summed E-state index contributed by atoms with van der Waals surface area (Å²) in [6, 6.07) is 1.68. The molecule has 0 aromatic carbocycles. The van der Waals surface area contributed by atoms with Crippen molar-refractivity contribution >= 4 is 22.0 Å². The maximum Gasteiger partial charge on any atom is 0.0210 e. The molecule has 4 heteroatoms. The van der Waals surface area contributed by atoms with Gasteiger partial charge in [-0.1, -0.05) is 39.5 Å². The molecule has 0 aromatic rings. The summed E-state index contributed by atoms with van der Waals surface area (Å²) in [7, 11) is 4.03. The van der Waals surface area contributed by atoms with E-state index in [0.29, 0.717) is 0 Å². The first-order chi connectivity index (χ1) is 8.85. The molecule has 2 nitrogen and oxygen atoms in total. The second-order valence-electron chi connectivity index (χ2n) is 5.49. The first-order valence-electron chi connectivity index (χ1n) is 7.73. The van der Waals surface area contributed by atoms with Crippen LogP contribution >= 0.6 is 22.0 Å². The normalized spacial score (nSPS) is 22.7. The SMILES string of the molecule is CCN(SSN(CC)C1CCCC1)C1CCCC1. The lowest BCUT2D eigenvalue weighted by atomic mass is 10.2. The molecule has 2 aliphatic carbocycles. The van der Waals surface area contributed by atoms with Gasteiger partial charge in [0, 0.05) is 47.1 Å². The van der Waals surface area contributed by atoms with Crippen molar-refractivity contribution in [3.8, 4) is 0 Å². The van der Waals surface area contributed by atoms with Gasteiger partial charge in [0.05, 0.1) is 0 Å². The van der Waals surface area contributed by atoms with Crippen molar-refractivity contribution < 1.29 is 0 Å². The molecule has 0 radical (unpaired) electrons. The highest BCUT2D eigenvalue weighted by Gasteiger charge is 2.26. The van der Waals surface area contributed by atoms with Gasteiger partial charge in [0.2, 0.25) is 0 Å². The Labute approximate surface area is 121 Å². The van der Waals surface area contributed by atoms with Crippen LogP contribution in [0.1, 0.15) is 65.2 Å². The molecule has 0 amide bonds. The third kappa shape index (κ3) is 4.06. The summed E-state index contributed by atoms with van der Waals surface area (Å²) in [5, 5.41) is 0. The Morgan fingerprint density at radius 3 is 1.33 bits per heavy atom. The zero-order valence-electron chi connectivity index (χ0n) is 11.9. The van der Waals surface area contributed by atoms with Gasteiger partial charge in [0.25, 0.3) is 0 Å². The first-order valence-corrected chi connectivity index (χ1v) is 9.79. The van der Waals surface area contributed by atoms with Gasteiger partial charge in [-0.2, -0.15) is 0 Å². The highest BCUT2D eigenvalue weighted by atomic mass is 33.1. The standard InChI is InChI=1S/C14H28N2S2/c1-3-15(13-9-5-6-10-13)17-18-16(4-2)14-11-7-8-12-14/h13-14H,3-12H2,1-2H3.